The number of anilines is 1. The fraction of sp³-hybridized carbons (Fsp3) is 0.0833. The van der Waals surface area contributed by atoms with Crippen LogP contribution in [-0.4, -0.2) is 5.91 Å². The van der Waals surface area contributed by atoms with Gasteiger partial charge < -0.3 is 11.1 Å². The van der Waals surface area contributed by atoms with E-state index in [9.17, 15) is 4.79 Å². The van der Waals surface area contributed by atoms with E-state index in [0.29, 0.717) is 22.1 Å². The summed E-state index contributed by atoms with van der Waals surface area (Å²) in [6.07, 6.45) is 0. The normalized spacial score (nSPS) is 10.2. The minimum Gasteiger partial charge on any atom is -0.397 e. The number of nitrogen functional groups attached to an aromatic ring is 1. The van der Waals surface area contributed by atoms with E-state index in [2.05, 4.69) is 10.7 Å². The van der Waals surface area contributed by atoms with Crippen molar-refractivity contribution in [2.75, 3.05) is 5.73 Å². The number of benzene rings is 1. The van der Waals surface area contributed by atoms with Crippen LogP contribution in [0.2, 0.25) is 5.02 Å². The van der Waals surface area contributed by atoms with Gasteiger partial charge in [-0.15, -0.1) is 11.3 Å². The first kappa shape index (κ1) is 12.0. The van der Waals surface area contributed by atoms with Gasteiger partial charge in [-0.25, -0.2) is 0 Å². The van der Waals surface area contributed by atoms with Gasteiger partial charge in [0.2, 0.25) is 0 Å². The molecule has 1 heterocycles. The van der Waals surface area contributed by atoms with E-state index < -0.39 is 0 Å². The van der Waals surface area contributed by atoms with Crippen molar-refractivity contribution in [1.29, 1.82) is 0 Å². The summed E-state index contributed by atoms with van der Waals surface area (Å²) in [4.78, 5) is 12.3. The highest BCUT2D eigenvalue weighted by Gasteiger charge is 2.08. The van der Waals surface area contributed by atoms with Crippen molar-refractivity contribution in [3.8, 4) is 0 Å². The topological polar surface area (TPSA) is 55.1 Å². The molecular formula is C12H10ClN2OS. The van der Waals surface area contributed by atoms with E-state index in [4.69, 9.17) is 17.3 Å². The number of nitrogens with two attached hydrogens (primary N) is 1. The van der Waals surface area contributed by atoms with Crippen LogP contribution in [0.15, 0.2) is 30.3 Å². The lowest BCUT2D eigenvalue weighted by Crippen LogP contribution is -2.21. The number of halogens is 1. The maximum absolute atomic E-state index is 11.7. The monoisotopic (exact) mass is 265 g/mol. The highest BCUT2D eigenvalue weighted by atomic mass is 35.5. The van der Waals surface area contributed by atoms with Crippen molar-refractivity contribution in [1.82, 2.24) is 5.32 Å². The van der Waals surface area contributed by atoms with Crippen LogP contribution in [-0.2, 0) is 6.54 Å². The number of nitrogens with one attached hydrogen (secondary N) is 1. The molecule has 0 bridgehead atoms. The molecule has 0 aliphatic heterocycles. The lowest BCUT2D eigenvalue weighted by atomic mass is 10.2. The van der Waals surface area contributed by atoms with Crippen LogP contribution in [0.4, 0.5) is 5.69 Å². The number of amides is 1. The van der Waals surface area contributed by atoms with E-state index in [1.54, 1.807) is 12.1 Å². The molecule has 17 heavy (non-hydrogen) atoms. The summed E-state index contributed by atoms with van der Waals surface area (Å²) < 4.78 is 0. The molecule has 3 nitrogen and oxygen atoms in total. The quantitative estimate of drug-likeness (QED) is 0.897. The Morgan fingerprint density at radius 1 is 1.47 bits per heavy atom. The molecule has 2 aromatic rings. The second-order valence-corrected chi connectivity index (χ2v) is 4.70. The zero-order valence-electron chi connectivity index (χ0n) is 8.87. The van der Waals surface area contributed by atoms with Crippen molar-refractivity contribution >= 4 is 34.5 Å². The van der Waals surface area contributed by atoms with Crippen LogP contribution in [0.25, 0.3) is 0 Å². The summed E-state index contributed by atoms with van der Waals surface area (Å²) in [7, 11) is 0. The SMILES string of the molecule is Nc1[c]sc(C(=O)NCc2ccccc2Cl)c1. The number of thiophene rings is 1. The summed E-state index contributed by atoms with van der Waals surface area (Å²) in [6.45, 7) is 0.399. The Bertz CT molecular complexity index is 539. The fourth-order valence-corrected chi connectivity index (χ4v) is 2.17. The maximum Gasteiger partial charge on any atom is 0.261 e. The Kier molecular flexibility index (Phi) is 3.66. The number of carbonyl (C=O) groups is 1. The molecule has 1 aromatic heterocycles. The number of hydrogen-bond acceptors (Lipinski definition) is 3. The maximum atomic E-state index is 11.7. The molecule has 1 amide bonds. The van der Waals surface area contributed by atoms with Gasteiger partial charge in [-0.3, -0.25) is 4.79 Å². The standard InChI is InChI=1S/C12H10ClN2OS/c13-10-4-2-1-3-8(10)6-15-12(16)11-5-9(14)7-17-11/h1-5H,6,14H2,(H,15,16). The molecule has 0 aliphatic rings. The molecule has 0 aliphatic carbocycles. The molecule has 0 saturated heterocycles. The molecule has 1 aromatic carbocycles. The van der Waals surface area contributed by atoms with E-state index in [1.807, 2.05) is 18.2 Å². The fourth-order valence-electron chi connectivity index (χ4n) is 1.33. The second-order valence-electron chi connectivity index (χ2n) is 3.44. The molecule has 2 rings (SSSR count). The highest BCUT2D eigenvalue weighted by Crippen LogP contribution is 2.17. The summed E-state index contributed by atoms with van der Waals surface area (Å²) in [5.41, 5.74) is 6.87. The third-order valence-corrected chi connectivity index (χ3v) is 3.42. The molecule has 0 atom stereocenters. The average Bonchev–Trinajstić information content (AvgIpc) is 2.74. The van der Waals surface area contributed by atoms with Gasteiger partial charge >= 0.3 is 0 Å². The molecule has 0 spiro atoms. The molecule has 0 saturated carbocycles. The second kappa shape index (κ2) is 5.21. The largest absolute Gasteiger partial charge is 0.397 e. The third-order valence-electron chi connectivity index (χ3n) is 2.19. The molecule has 0 unspecified atom stereocenters. The van der Waals surface area contributed by atoms with Crippen LogP contribution < -0.4 is 11.1 Å². The number of hydrogen-bond donors (Lipinski definition) is 2. The Labute approximate surface area is 108 Å². The van der Waals surface area contributed by atoms with Gasteiger partial charge in [-0.1, -0.05) is 29.8 Å². The van der Waals surface area contributed by atoms with Gasteiger partial charge in [0.15, 0.2) is 0 Å². The summed E-state index contributed by atoms with van der Waals surface area (Å²) in [5, 5.41) is 6.22. The van der Waals surface area contributed by atoms with Crippen molar-refractivity contribution in [2.24, 2.45) is 0 Å². The van der Waals surface area contributed by atoms with Gasteiger partial charge in [0.05, 0.1) is 15.9 Å². The third kappa shape index (κ3) is 2.99. The van der Waals surface area contributed by atoms with E-state index in [0.717, 1.165) is 5.56 Å². The molecule has 1 radical (unpaired) electrons. The zero-order chi connectivity index (χ0) is 12.3. The molecular weight excluding hydrogens is 256 g/mol. The minimum absolute atomic E-state index is 0.164. The Morgan fingerprint density at radius 3 is 2.88 bits per heavy atom. The lowest BCUT2D eigenvalue weighted by molar-refractivity contribution is 0.0955. The van der Waals surface area contributed by atoms with Crippen LogP contribution in [0.1, 0.15) is 15.2 Å². The Hall–Kier alpha value is -1.52. The Balaban J connectivity index is 1.99. The van der Waals surface area contributed by atoms with Crippen molar-refractivity contribution in [3.05, 3.63) is 51.2 Å². The zero-order valence-corrected chi connectivity index (χ0v) is 10.4. The highest BCUT2D eigenvalue weighted by molar-refractivity contribution is 7.12. The molecule has 87 valence electrons. The van der Waals surface area contributed by atoms with Gasteiger partial charge in [0.25, 0.3) is 5.91 Å². The van der Waals surface area contributed by atoms with E-state index in [1.165, 1.54) is 11.3 Å². The van der Waals surface area contributed by atoms with E-state index in [-0.39, 0.29) is 5.91 Å². The first-order valence-electron chi connectivity index (χ1n) is 4.95. The summed E-state index contributed by atoms with van der Waals surface area (Å²) in [6, 6.07) is 9.00. The van der Waals surface area contributed by atoms with Crippen molar-refractivity contribution < 1.29 is 4.79 Å². The van der Waals surface area contributed by atoms with Crippen molar-refractivity contribution in [3.63, 3.8) is 0 Å². The van der Waals surface area contributed by atoms with Crippen LogP contribution in [0, 0.1) is 5.38 Å². The van der Waals surface area contributed by atoms with E-state index >= 15 is 0 Å². The van der Waals surface area contributed by atoms with Gasteiger partial charge in [-0.05, 0) is 17.7 Å². The van der Waals surface area contributed by atoms with Crippen LogP contribution in [0.3, 0.4) is 0 Å². The lowest BCUT2D eigenvalue weighted by Gasteiger charge is -2.05. The molecule has 3 N–H and O–H groups in total. The average molecular weight is 266 g/mol. The minimum atomic E-state index is -0.164. The van der Waals surface area contributed by atoms with Crippen LogP contribution >= 0.6 is 22.9 Å². The van der Waals surface area contributed by atoms with Crippen molar-refractivity contribution in [2.45, 2.75) is 6.54 Å². The Morgan fingerprint density at radius 2 is 2.24 bits per heavy atom. The number of rotatable bonds is 3. The van der Waals surface area contributed by atoms with Gasteiger partial charge in [0, 0.05) is 11.6 Å². The first-order valence-corrected chi connectivity index (χ1v) is 6.15. The smallest absolute Gasteiger partial charge is 0.261 e. The molecule has 5 heteroatoms. The predicted molar refractivity (Wildman–Crippen MR) is 70.2 cm³/mol. The van der Waals surface area contributed by atoms with Gasteiger partial charge in [-0.2, -0.15) is 0 Å². The van der Waals surface area contributed by atoms with Gasteiger partial charge in [0.1, 0.15) is 0 Å². The first-order chi connectivity index (χ1) is 8.16. The summed E-state index contributed by atoms with van der Waals surface area (Å²) >= 11 is 7.18. The number of carbonyl (C=O) groups excluding carboxylic acids is 1. The molecule has 0 fully saturated rings. The summed E-state index contributed by atoms with van der Waals surface area (Å²) in [5.74, 6) is -0.164. The van der Waals surface area contributed by atoms with Crippen LogP contribution in [0.5, 0.6) is 0 Å². The predicted octanol–water partition coefficient (Wildman–Crippen LogP) is 2.71.